The van der Waals surface area contributed by atoms with Gasteiger partial charge >= 0.3 is 0 Å². The molecule has 1 heterocycles. The lowest BCUT2D eigenvalue weighted by atomic mass is 10.3. The molecule has 1 N–H and O–H groups in total. The van der Waals surface area contributed by atoms with E-state index in [1.165, 1.54) is 11.3 Å². The van der Waals surface area contributed by atoms with Crippen molar-refractivity contribution in [3.8, 4) is 0 Å². The van der Waals surface area contributed by atoms with Gasteiger partial charge in [-0.3, -0.25) is 0 Å². The predicted octanol–water partition coefficient (Wildman–Crippen LogP) is 2.59. The van der Waals surface area contributed by atoms with E-state index in [9.17, 15) is 8.42 Å². The Labute approximate surface area is 96.7 Å². The molecule has 0 aromatic carbocycles. The normalized spacial score (nSPS) is 11.9. The third kappa shape index (κ3) is 3.34. The highest BCUT2D eigenvalue weighted by atomic mass is 79.9. The van der Waals surface area contributed by atoms with E-state index in [-0.39, 0.29) is 0 Å². The van der Waals surface area contributed by atoms with Crippen molar-refractivity contribution in [1.29, 1.82) is 0 Å². The van der Waals surface area contributed by atoms with Crippen LogP contribution in [0.2, 0.25) is 0 Å². The Hall–Kier alpha value is 0.0900. The number of nitrogens with one attached hydrogen (secondary N) is 1. The van der Waals surface area contributed by atoms with Crippen LogP contribution >= 0.6 is 27.3 Å². The van der Waals surface area contributed by atoms with Gasteiger partial charge in [0.25, 0.3) is 0 Å². The highest BCUT2D eigenvalue weighted by Crippen LogP contribution is 2.25. The molecule has 80 valence electrons. The van der Waals surface area contributed by atoms with Crippen molar-refractivity contribution in [3.05, 3.63) is 15.9 Å². The Morgan fingerprint density at radius 3 is 2.71 bits per heavy atom. The third-order valence-electron chi connectivity index (χ3n) is 1.64. The Balaban J connectivity index is 2.66. The summed E-state index contributed by atoms with van der Waals surface area (Å²) in [5.74, 6) is 0. The Bertz CT molecular complexity index is 386. The molecule has 0 aliphatic carbocycles. The fourth-order valence-electron chi connectivity index (χ4n) is 0.897. The summed E-state index contributed by atoms with van der Waals surface area (Å²) in [6, 6.07) is 3.34. The van der Waals surface area contributed by atoms with E-state index in [1.807, 2.05) is 6.92 Å². The lowest BCUT2D eigenvalue weighted by Crippen LogP contribution is -2.23. The van der Waals surface area contributed by atoms with Crippen LogP contribution in [-0.4, -0.2) is 15.0 Å². The monoisotopic (exact) mass is 297 g/mol. The van der Waals surface area contributed by atoms with Crippen LogP contribution in [-0.2, 0) is 10.0 Å². The molecule has 0 aliphatic rings. The summed E-state index contributed by atoms with van der Waals surface area (Å²) in [5, 5.41) is 0. The fourth-order valence-corrected chi connectivity index (χ4v) is 4.03. The number of sulfonamides is 1. The highest BCUT2D eigenvalue weighted by molar-refractivity contribution is 9.11. The van der Waals surface area contributed by atoms with Gasteiger partial charge in [0, 0.05) is 6.54 Å². The second-order valence-corrected chi connectivity index (χ2v) is 7.27. The number of rotatable bonds is 5. The van der Waals surface area contributed by atoms with Gasteiger partial charge in [-0.05, 0) is 34.5 Å². The largest absolute Gasteiger partial charge is 0.250 e. The van der Waals surface area contributed by atoms with Gasteiger partial charge < -0.3 is 0 Å². The molecule has 14 heavy (non-hydrogen) atoms. The lowest BCUT2D eigenvalue weighted by Gasteiger charge is -2.02. The van der Waals surface area contributed by atoms with Crippen molar-refractivity contribution in [3.63, 3.8) is 0 Å². The molecule has 3 nitrogen and oxygen atoms in total. The van der Waals surface area contributed by atoms with Crippen LogP contribution in [0.3, 0.4) is 0 Å². The zero-order valence-corrected chi connectivity index (χ0v) is 11.0. The summed E-state index contributed by atoms with van der Waals surface area (Å²) in [7, 11) is -3.27. The molecule has 0 saturated heterocycles. The van der Waals surface area contributed by atoms with Crippen LogP contribution in [0.15, 0.2) is 20.1 Å². The van der Waals surface area contributed by atoms with Crippen LogP contribution < -0.4 is 4.72 Å². The minimum Gasteiger partial charge on any atom is -0.210 e. The summed E-state index contributed by atoms with van der Waals surface area (Å²) < 4.78 is 26.9. The molecular weight excluding hydrogens is 286 g/mol. The standard InChI is InChI=1S/C8H12BrNO2S2/c1-2-3-6-10-14(11,12)8-5-4-7(9)13-8/h4-5,10H,2-3,6H2,1H3. The van der Waals surface area contributed by atoms with Crippen molar-refractivity contribution in [2.24, 2.45) is 0 Å². The lowest BCUT2D eigenvalue weighted by molar-refractivity contribution is 0.580. The second-order valence-electron chi connectivity index (χ2n) is 2.81. The van der Waals surface area contributed by atoms with E-state index in [0.29, 0.717) is 10.8 Å². The highest BCUT2D eigenvalue weighted by Gasteiger charge is 2.14. The molecule has 1 aromatic heterocycles. The summed E-state index contributed by atoms with van der Waals surface area (Å²) in [5.41, 5.74) is 0. The third-order valence-corrected chi connectivity index (χ3v) is 5.21. The minimum absolute atomic E-state index is 0.362. The summed E-state index contributed by atoms with van der Waals surface area (Å²) in [6.45, 7) is 2.53. The number of thiophene rings is 1. The van der Waals surface area contributed by atoms with E-state index in [2.05, 4.69) is 20.7 Å². The average Bonchev–Trinajstić information content (AvgIpc) is 2.53. The Kier molecular flexibility index (Phi) is 4.56. The first kappa shape index (κ1) is 12.2. The van der Waals surface area contributed by atoms with Crippen molar-refractivity contribution < 1.29 is 8.42 Å². The SMILES string of the molecule is CCCCNS(=O)(=O)c1ccc(Br)s1. The zero-order chi connectivity index (χ0) is 10.6. The van der Waals surface area contributed by atoms with E-state index in [4.69, 9.17) is 0 Å². The Morgan fingerprint density at radius 1 is 1.50 bits per heavy atom. The van der Waals surface area contributed by atoms with Crippen molar-refractivity contribution in [2.45, 2.75) is 24.0 Å². The van der Waals surface area contributed by atoms with Crippen molar-refractivity contribution in [1.82, 2.24) is 4.72 Å². The topological polar surface area (TPSA) is 46.2 Å². The van der Waals surface area contributed by atoms with Gasteiger partial charge in [-0.25, -0.2) is 13.1 Å². The quantitative estimate of drug-likeness (QED) is 0.849. The van der Waals surface area contributed by atoms with Crippen LogP contribution in [0.4, 0.5) is 0 Å². The molecule has 0 bridgehead atoms. The number of hydrogen-bond acceptors (Lipinski definition) is 3. The number of hydrogen-bond donors (Lipinski definition) is 1. The molecule has 0 atom stereocenters. The molecule has 0 amide bonds. The molecule has 0 fully saturated rings. The first-order valence-corrected chi connectivity index (χ1v) is 7.40. The van der Waals surface area contributed by atoms with Gasteiger partial charge in [0.2, 0.25) is 10.0 Å². The first-order chi connectivity index (χ1) is 6.56. The van der Waals surface area contributed by atoms with Gasteiger partial charge in [-0.15, -0.1) is 11.3 Å². The van der Waals surface area contributed by atoms with Gasteiger partial charge in [0.15, 0.2) is 0 Å². The number of halogens is 1. The fraction of sp³-hybridized carbons (Fsp3) is 0.500. The van der Waals surface area contributed by atoms with Gasteiger partial charge in [0.1, 0.15) is 4.21 Å². The summed E-state index contributed by atoms with van der Waals surface area (Å²) in [6.07, 6.45) is 1.85. The molecule has 1 rings (SSSR count). The number of unbranched alkanes of at least 4 members (excludes halogenated alkanes) is 1. The van der Waals surface area contributed by atoms with E-state index in [0.717, 1.165) is 16.6 Å². The van der Waals surface area contributed by atoms with Crippen LogP contribution in [0.1, 0.15) is 19.8 Å². The van der Waals surface area contributed by atoms with Gasteiger partial charge in [-0.2, -0.15) is 0 Å². The summed E-state index contributed by atoms with van der Waals surface area (Å²) in [4.78, 5) is 0. The molecule has 0 saturated carbocycles. The second kappa shape index (κ2) is 5.25. The van der Waals surface area contributed by atoms with Crippen LogP contribution in [0.25, 0.3) is 0 Å². The predicted molar refractivity (Wildman–Crippen MR) is 62.1 cm³/mol. The zero-order valence-electron chi connectivity index (χ0n) is 7.79. The van der Waals surface area contributed by atoms with Crippen molar-refractivity contribution in [2.75, 3.05) is 6.54 Å². The molecule has 1 aromatic rings. The maximum absolute atomic E-state index is 11.6. The maximum Gasteiger partial charge on any atom is 0.250 e. The summed E-state index contributed by atoms with van der Waals surface area (Å²) >= 11 is 4.45. The molecule has 6 heteroatoms. The first-order valence-electron chi connectivity index (χ1n) is 4.31. The van der Waals surface area contributed by atoms with E-state index < -0.39 is 10.0 Å². The molecule has 0 radical (unpaired) electrons. The minimum atomic E-state index is -3.27. The Morgan fingerprint density at radius 2 is 2.21 bits per heavy atom. The van der Waals surface area contributed by atoms with Crippen LogP contribution in [0, 0.1) is 0 Å². The average molecular weight is 298 g/mol. The maximum atomic E-state index is 11.6. The molecule has 0 spiro atoms. The molecule has 0 aliphatic heterocycles. The van der Waals surface area contributed by atoms with E-state index >= 15 is 0 Å². The smallest absolute Gasteiger partial charge is 0.210 e. The van der Waals surface area contributed by atoms with Crippen molar-refractivity contribution >= 4 is 37.3 Å². The molecular formula is C8H12BrNO2S2. The molecule has 0 unspecified atom stereocenters. The van der Waals surface area contributed by atoms with Gasteiger partial charge in [-0.1, -0.05) is 13.3 Å². The van der Waals surface area contributed by atoms with Gasteiger partial charge in [0.05, 0.1) is 3.79 Å². The van der Waals surface area contributed by atoms with Crippen LogP contribution in [0.5, 0.6) is 0 Å². The van der Waals surface area contributed by atoms with E-state index in [1.54, 1.807) is 12.1 Å².